The molecule has 0 unspecified atom stereocenters. The molecule has 0 aliphatic rings. The van der Waals surface area contributed by atoms with Gasteiger partial charge in [0.25, 0.3) is 0 Å². The minimum absolute atomic E-state index is 0.229. The van der Waals surface area contributed by atoms with Crippen molar-refractivity contribution >= 4 is 35.1 Å². The van der Waals surface area contributed by atoms with Crippen molar-refractivity contribution < 1.29 is 19.1 Å². The smallest absolute Gasteiger partial charge is 0.347 e. The van der Waals surface area contributed by atoms with Gasteiger partial charge in [-0.05, 0) is 31.5 Å². The first kappa shape index (κ1) is 16.8. The van der Waals surface area contributed by atoms with Crippen LogP contribution in [0.1, 0.15) is 37.0 Å². The van der Waals surface area contributed by atoms with Crippen LogP contribution in [0.15, 0.2) is 18.2 Å². The van der Waals surface area contributed by atoms with Gasteiger partial charge in [-0.1, -0.05) is 36.5 Å². The van der Waals surface area contributed by atoms with Crippen LogP contribution in [0.3, 0.4) is 0 Å². The van der Waals surface area contributed by atoms with Gasteiger partial charge in [-0.25, -0.2) is 9.59 Å². The van der Waals surface area contributed by atoms with Crippen LogP contribution in [0.4, 0.5) is 0 Å². The number of benzene rings is 1. The molecule has 0 aliphatic heterocycles. The highest BCUT2D eigenvalue weighted by atomic mass is 35.5. The molecule has 0 heterocycles. The van der Waals surface area contributed by atoms with Gasteiger partial charge in [0.05, 0.1) is 22.2 Å². The van der Waals surface area contributed by atoms with Gasteiger partial charge in [0, 0.05) is 0 Å². The lowest BCUT2D eigenvalue weighted by Gasteiger charge is -2.12. The molecule has 0 aliphatic carbocycles. The van der Waals surface area contributed by atoms with E-state index in [9.17, 15) is 9.59 Å². The van der Waals surface area contributed by atoms with Gasteiger partial charge in [0.2, 0.25) is 0 Å². The second-order valence-corrected chi connectivity index (χ2v) is 5.01. The molecule has 0 aromatic heterocycles. The van der Waals surface area contributed by atoms with Crippen LogP contribution in [-0.2, 0) is 14.3 Å². The largest absolute Gasteiger partial charge is 0.463 e. The van der Waals surface area contributed by atoms with Crippen molar-refractivity contribution in [2.45, 2.75) is 32.8 Å². The summed E-state index contributed by atoms with van der Waals surface area (Å²) in [6.45, 7) is 3.77. The van der Waals surface area contributed by atoms with Gasteiger partial charge >= 0.3 is 11.9 Å². The molecule has 0 N–H and O–H groups in total. The zero-order chi connectivity index (χ0) is 15.1. The molecular formula is C14H16Cl2O4. The van der Waals surface area contributed by atoms with E-state index in [0.717, 1.165) is 12.8 Å². The number of esters is 2. The monoisotopic (exact) mass is 318 g/mol. The van der Waals surface area contributed by atoms with Gasteiger partial charge in [-0.2, -0.15) is 0 Å². The molecule has 1 aromatic rings. The Kier molecular flexibility index (Phi) is 6.82. The zero-order valence-corrected chi connectivity index (χ0v) is 12.8. The Bertz CT molecular complexity index is 488. The Morgan fingerprint density at radius 2 is 1.95 bits per heavy atom. The molecule has 0 amide bonds. The highest BCUT2D eigenvalue weighted by molar-refractivity contribution is 6.42. The summed E-state index contributed by atoms with van der Waals surface area (Å²) in [5.74, 6) is -1.21. The van der Waals surface area contributed by atoms with Crippen LogP contribution in [0, 0.1) is 0 Å². The van der Waals surface area contributed by atoms with Gasteiger partial charge in [0.1, 0.15) is 0 Å². The van der Waals surface area contributed by atoms with E-state index in [0.29, 0.717) is 11.6 Å². The number of carbonyl (C=O) groups is 2. The van der Waals surface area contributed by atoms with Crippen LogP contribution in [0.5, 0.6) is 0 Å². The maximum absolute atomic E-state index is 11.8. The summed E-state index contributed by atoms with van der Waals surface area (Å²) in [4.78, 5) is 23.4. The fourth-order valence-corrected chi connectivity index (χ4v) is 1.63. The first-order valence-electron chi connectivity index (χ1n) is 6.28. The number of hydrogen-bond acceptors (Lipinski definition) is 4. The highest BCUT2D eigenvalue weighted by Crippen LogP contribution is 2.23. The molecule has 0 radical (unpaired) electrons. The lowest BCUT2D eigenvalue weighted by atomic mass is 10.2. The molecule has 0 spiro atoms. The second-order valence-electron chi connectivity index (χ2n) is 4.20. The minimum atomic E-state index is -0.964. The number of unbranched alkanes of at least 4 members (excludes halogenated alkanes) is 1. The molecule has 1 atom stereocenters. The molecule has 4 nitrogen and oxygen atoms in total. The first-order chi connectivity index (χ1) is 9.45. The third-order valence-corrected chi connectivity index (χ3v) is 3.25. The predicted octanol–water partition coefficient (Wildman–Crippen LogP) is 3.88. The first-order valence-corrected chi connectivity index (χ1v) is 7.04. The average Bonchev–Trinajstić information content (AvgIpc) is 2.41. The standard InChI is InChI=1S/C14H16Cl2O4/c1-3-4-7-19-13(17)9(2)20-14(18)10-5-6-11(15)12(16)8-10/h5-6,8-9H,3-4,7H2,1-2H3/t9-/m0/s1. The van der Waals surface area contributed by atoms with E-state index in [4.69, 9.17) is 32.7 Å². The maximum Gasteiger partial charge on any atom is 0.347 e. The van der Waals surface area contributed by atoms with E-state index >= 15 is 0 Å². The third-order valence-electron chi connectivity index (χ3n) is 2.51. The lowest BCUT2D eigenvalue weighted by molar-refractivity contribution is -0.153. The summed E-state index contributed by atoms with van der Waals surface area (Å²) >= 11 is 11.6. The van der Waals surface area contributed by atoms with Gasteiger partial charge in [-0.3, -0.25) is 0 Å². The fourth-order valence-electron chi connectivity index (χ4n) is 1.33. The molecular weight excluding hydrogens is 303 g/mol. The van der Waals surface area contributed by atoms with Crippen molar-refractivity contribution in [2.24, 2.45) is 0 Å². The minimum Gasteiger partial charge on any atom is -0.463 e. The predicted molar refractivity (Wildman–Crippen MR) is 77.2 cm³/mol. The van der Waals surface area contributed by atoms with Crippen molar-refractivity contribution in [1.29, 1.82) is 0 Å². The van der Waals surface area contributed by atoms with Crippen molar-refractivity contribution in [2.75, 3.05) is 6.61 Å². The normalized spacial score (nSPS) is 11.8. The quantitative estimate of drug-likeness (QED) is 0.590. The molecule has 0 saturated carbocycles. The number of hydrogen-bond donors (Lipinski definition) is 0. The van der Waals surface area contributed by atoms with E-state index in [1.165, 1.54) is 25.1 Å². The van der Waals surface area contributed by atoms with E-state index in [1.54, 1.807) is 0 Å². The molecule has 6 heteroatoms. The Hall–Kier alpha value is -1.26. The topological polar surface area (TPSA) is 52.6 Å². The van der Waals surface area contributed by atoms with Crippen LogP contribution >= 0.6 is 23.2 Å². The molecule has 0 fully saturated rings. The Morgan fingerprint density at radius 3 is 2.55 bits per heavy atom. The second kappa shape index (κ2) is 8.12. The molecule has 0 bridgehead atoms. The zero-order valence-electron chi connectivity index (χ0n) is 11.3. The number of rotatable bonds is 6. The number of carbonyl (C=O) groups excluding carboxylic acids is 2. The number of halogens is 2. The van der Waals surface area contributed by atoms with Crippen LogP contribution in [-0.4, -0.2) is 24.6 Å². The highest BCUT2D eigenvalue weighted by Gasteiger charge is 2.20. The van der Waals surface area contributed by atoms with Gasteiger partial charge < -0.3 is 9.47 Å². The van der Waals surface area contributed by atoms with Crippen molar-refractivity contribution in [1.82, 2.24) is 0 Å². The molecule has 20 heavy (non-hydrogen) atoms. The Balaban J connectivity index is 2.56. The summed E-state index contributed by atoms with van der Waals surface area (Å²) in [5, 5.41) is 0.592. The number of ether oxygens (including phenoxy) is 2. The molecule has 0 saturated heterocycles. The molecule has 110 valence electrons. The van der Waals surface area contributed by atoms with Gasteiger partial charge in [0.15, 0.2) is 6.10 Å². The van der Waals surface area contributed by atoms with Crippen LogP contribution in [0.25, 0.3) is 0 Å². The molecule has 1 aromatic carbocycles. The lowest BCUT2D eigenvalue weighted by Crippen LogP contribution is -2.26. The van der Waals surface area contributed by atoms with E-state index in [2.05, 4.69) is 0 Å². The third kappa shape index (κ3) is 5.02. The van der Waals surface area contributed by atoms with Crippen LogP contribution < -0.4 is 0 Å². The summed E-state index contributed by atoms with van der Waals surface area (Å²) in [7, 11) is 0. The SMILES string of the molecule is CCCCOC(=O)[C@H](C)OC(=O)c1ccc(Cl)c(Cl)c1. The fraction of sp³-hybridized carbons (Fsp3) is 0.429. The average molecular weight is 319 g/mol. The van der Waals surface area contributed by atoms with Gasteiger partial charge in [-0.15, -0.1) is 0 Å². The summed E-state index contributed by atoms with van der Waals surface area (Å²) in [5.41, 5.74) is 0.229. The van der Waals surface area contributed by atoms with Crippen LogP contribution in [0.2, 0.25) is 10.0 Å². The van der Waals surface area contributed by atoms with Crippen molar-refractivity contribution in [3.8, 4) is 0 Å². The van der Waals surface area contributed by atoms with Crippen molar-refractivity contribution in [3.05, 3.63) is 33.8 Å². The Morgan fingerprint density at radius 1 is 1.25 bits per heavy atom. The van der Waals surface area contributed by atoms with Crippen molar-refractivity contribution in [3.63, 3.8) is 0 Å². The summed E-state index contributed by atoms with van der Waals surface area (Å²) in [6.07, 6.45) is 0.734. The molecule has 1 rings (SSSR count). The van der Waals surface area contributed by atoms with E-state index in [-0.39, 0.29) is 10.6 Å². The summed E-state index contributed by atoms with van der Waals surface area (Å²) < 4.78 is 9.97. The Labute approximate surface area is 128 Å². The summed E-state index contributed by atoms with van der Waals surface area (Å²) in [6, 6.07) is 4.36. The van der Waals surface area contributed by atoms with E-state index < -0.39 is 18.0 Å². The maximum atomic E-state index is 11.8. The van der Waals surface area contributed by atoms with E-state index in [1.807, 2.05) is 6.92 Å².